The lowest BCUT2D eigenvalue weighted by atomic mass is 10.4. The van der Waals surface area contributed by atoms with Gasteiger partial charge in [-0.05, 0) is 19.8 Å². The molecular formula is C10H18O3S. The van der Waals surface area contributed by atoms with Crippen molar-refractivity contribution in [2.24, 2.45) is 0 Å². The molecule has 1 saturated carbocycles. The fourth-order valence-corrected chi connectivity index (χ4v) is 3.30. The van der Waals surface area contributed by atoms with Gasteiger partial charge < -0.3 is 4.74 Å². The summed E-state index contributed by atoms with van der Waals surface area (Å²) in [5, 5.41) is 0.337. The zero-order valence-corrected chi connectivity index (χ0v) is 9.48. The van der Waals surface area contributed by atoms with Gasteiger partial charge in [0.05, 0.1) is 13.0 Å². The van der Waals surface area contributed by atoms with E-state index in [1.807, 2.05) is 0 Å². The molecule has 0 saturated heterocycles. The first-order valence-corrected chi connectivity index (χ1v) is 6.65. The Balaban J connectivity index is 2.17. The Morgan fingerprint density at radius 3 is 2.64 bits per heavy atom. The average Bonchev–Trinajstić information content (AvgIpc) is 2.67. The van der Waals surface area contributed by atoms with Crippen LogP contribution in [0.4, 0.5) is 0 Å². The summed E-state index contributed by atoms with van der Waals surface area (Å²) in [6.07, 6.45) is 4.81. The van der Waals surface area contributed by atoms with Crippen molar-refractivity contribution in [3.05, 3.63) is 0 Å². The van der Waals surface area contributed by atoms with Gasteiger partial charge >= 0.3 is 5.97 Å². The first kappa shape index (κ1) is 11.7. The van der Waals surface area contributed by atoms with E-state index >= 15 is 0 Å². The molecule has 1 fully saturated rings. The zero-order valence-electron chi connectivity index (χ0n) is 8.66. The van der Waals surface area contributed by atoms with Crippen LogP contribution in [0.3, 0.4) is 0 Å². The van der Waals surface area contributed by atoms with Gasteiger partial charge in [-0.2, -0.15) is 0 Å². The molecule has 0 aromatic rings. The first-order chi connectivity index (χ1) is 6.74. The standard InChI is InChI=1S/C10H18O3S/c1-2-13-10(11)7-8-14(12)9-5-3-4-6-9/h9H,2-8H2,1H3. The summed E-state index contributed by atoms with van der Waals surface area (Å²) in [5.41, 5.74) is 0. The predicted octanol–water partition coefficient (Wildman–Crippen LogP) is 1.63. The molecule has 82 valence electrons. The SMILES string of the molecule is CCOC(=O)CCS(=O)C1CCCC1. The van der Waals surface area contributed by atoms with Gasteiger partial charge in [0.2, 0.25) is 0 Å². The monoisotopic (exact) mass is 218 g/mol. The summed E-state index contributed by atoms with van der Waals surface area (Å²) in [6, 6.07) is 0. The Labute approximate surface area is 87.7 Å². The smallest absolute Gasteiger partial charge is 0.306 e. The Kier molecular flexibility index (Phi) is 5.15. The third-order valence-corrected chi connectivity index (χ3v) is 4.31. The van der Waals surface area contributed by atoms with Gasteiger partial charge in [-0.1, -0.05) is 12.8 Å². The lowest BCUT2D eigenvalue weighted by Gasteiger charge is -2.08. The van der Waals surface area contributed by atoms with E-state index in [1.54, 1.807) is 6.92 Å². The summed E-state index contributed by atoms with van der Waals surface area (Å²) < 4.78 is 16.4. The van der Waals surface area contributed by atoms with Crippen molar-refractivity contribution in [3.63, 3.8) is 0 Å². The van der Waals surface area contributed by atoms with Gasteiger partial charge in [-0.25, -0.2) is 0 Å². The Bertz CT molecular complexity index is 209. The molecule has 1 aliphatic rings. The summed E-state index contributed by atoms with van der Waals surface area (Å²) in [7, 11) is -0.820. The number of carbonyl (C=O) groups excluding carboxylic acids is 1. The molecule has 1 unspecified atom stereocenters. The van der Waals surface area contributed by atoms with E-state index in [2.05, 4.69) is 0 Å². The van der Waals surface area contributed by atoms with Gasteiger partial charge in [0.15, 0.2) is 0 Å². The molecule has 1 aliphatic carbocycles. The maximum atomic E-state index is 11.7. The Morgan fingerprint density at radius 2 is 2.07 bits per heavy atom. The average molecular weight is 218 g/mol. The zero-order chi connectivity index (χ0) is 10.4. The van der Waals surface area contributed by atoms with Crippen molar-refractivity contribution in [2.75, 3.05) is 12.4 Å². The summed E-state index contributed by atoms with van der Waals surface area (Å²) in [4.78, 5) is 11.0. The van der Waals surface area contributed by atoms with Crippen LogP contribution in [-0.2, 0) is 20.3 Å². The van der Waals surface area contributed by atoms with Gasteiger partial charge in [0.1, 0.15) is 0 Å². The quantitative estimate of drug-likeness (QED) is 0.659. The van der Waals surface area contributed by atoms with E-state index in [9.17, 15) is 9.00 Å². The number of rotatable bonds is 5. The van der Waals surface area contributed by atoms with Crippen molar-refractivity contribution in [1.29, 1.82) is 0 Å². The molecule has 0 heterocycles. The topological polar surface area (TPSA) is 43.4 Å². The van der Waals surface area contributed by atoms with Gasteiger partial charge in [0, 0.05) is 21.8 Å². The van der Waals surface area contributed by atoms with Crippen LogP contribution in [0.2, 0.25) is 0 Å². The largest absolute Gasteiger partial charge is 0.466 e. The maximum absolute atomic E-state index is 11.7. The van der Waals surface area contributed by atoms with Crippen LogP contribution in [-0.4, -0.2) is 27.8 Å². The number of carbonyl (C=O) groups is 1. The number of hydrogen-bond donors (Lipinski definition) is 0. The van der Waals surface area contributed by atoms with E-state index in [0.29, 0.717) is 24.0 Å². The Morgan fingerprint density at radius 1 is 1.43 bits per heavy atom. The van der Waals surface area contributed by atoms with Crippen molar-refractivity contribution in [2.45, 2.75) is 44.3 Å². The third kappa shape index (κ3) is 3.78. The molecule has 14 heavy (non-hydrogen) atoms. The van der Waals surface area contributed by atoms with Crippen LogP contribution in [0.5, 0.6) is 0 Å². The molecule has 4 heteroatoms. The van der Waals surface area contributed by atoms with Crippen LogP contribution in [0, 0.1) is 0 Å². The third-order valence-electron chi connectivity index (χ3n) is 2.49. The lowest BCUT2D eigenvalue weighted by Crippen LogP contribution is -2.17. The van der Waals surface area contributed by atoms with E-state index in [1.165, 1.54) is 12.8 Å². The summed E-state index contributed by atoms with van der Waals surface area (Å²) in [6.45, 7) is 2.20. The van der Waals surface area contributed by atoms with Crippen LogP contribution < -0.4 is 0 Å². The second-order valence-corrected chi connectivity index (χ2v) is 5.38. The number of ether oxygens (including phenoxy) is 1. The second kappa shape index (κ2) is 6.17. The summed E-state index contributed by atoms with van der Waals surface area (Å²) >= 11 is 0. The highest BCUT2D eigenvalue weighted by molar-refractivity contribution is 7.85. The molecule has 0 aromatic heterocycles. The maximum Gasteiger partial charge on any atom is 0.306 e. The molecule has 0 N–H and O–H groups in total. The highest BCUT2D eigenvalue weighted by atomic mass is 32.2. The van der Waals surface area contributed by atoms with Crippen LogP contribution >= 0.6 is 0 Å². The molecule has 0 amide bonds. The number of hydrogen-bond acceptors (Lipinski definition) is 3. The van der Waals surface area contributed by atoms with E-state index in [-0.39, 0.29) is 5.97 Å². The van der Waals surface area contributed by atoms with Crippen molar-refractivity contribution < 1.29 is 13.7 Å². The molecule has 1 rings (SSSR count). The summed E-state index contributed by atoms with van der Waals surface area (Å²) in [5.74, 6) is 0.252. The Hall–Kier alpha value is -0.380. The highest BCUT2D eigenvalue weighted by Gasteiger charge is 2.21. The molecule has 0 aromatic carbocycles. The minimum atomic E-state index is -0.820. The normalized spacial score (nSPS) is 19.5. The van der Waals surface area contributed by atoms with Crippen LogP contribution in [0.1, 0.15) is 39.0 Å². The number of esters is 1. The molecule has 3 nitrogen and oxygen atoms in total. The van der Waals surface area contributed by atoms with Crippen LogP contribution in [0.15, 0.2) is 0 Å². The second-order valence-electron chi connectivity index (χ2n) is 3.55. The highest BCUT2D eigenvalue weighted by Crippen LogP contribution is 2.23. The van der Waals surface area contributed by atoms with Crippen molar-refractivity contribution in [3.8, 4) is 0 Å². The molecule has 0 bridgehead atoms. The first-order valence-electron chi connectivity index (χ1n) is 5.27. The fraction of sp³-hybridized carbons (Fsp3) is 0.900. The van der Waals surface area contributed by atoms with Crippen molar-refractivity contribution in [1.82, 2.24) is 0 Å². The fourth-order valence-electron chi connectivity index (χ4n) is 1.73. The van der Waals surface area contributed by atoms with Gasteiger partial charge in [0.25, 0.3) is 0 Å². The molecule has 1 atom stereocenters. The molecular weight excluding hydrogens is 200 g/mol. The lowest BCUT2D eigenvalue weighted by molar-refractivity contribution is -0.142. The molecule has 0 spiro atoms. The molecule has 0 radical (unpaired) electrons. The van der Waals surface area contributed by atoms with Crippen molar-refractivity contribution >= 4 is 16.8 Å². The van der Waals surface area contributed by atoms with Gasteiger partial charge in [-0.3, -0.25) is 9.00 Å². The molecule has 0 aliphatic heterocycles. The van der Waals surface area contributed by atoms with E-state index in [4.69, 9.17) is 4.74 Å². The van der Waals surface area contributed by atoms with E-state index < -0.39 is 10.8 Å². The predicted molar refractivity (Wildman–Crippen MR) is 56.5 cm³/mol. The minimum absolute atomic E-state index is 0.223. The van der Waals surface area contributed by atoms with Gasteiger partial charge in [-0.15, -0.1) is 0 Å². The van der Waals surface area contributed by atoms with Crippen LogP contribution in [0.25, 0.3) is 0 Å². The van der Waals surface area contributed by atoms with E-state index in [0.717, 1.165) is 12.8 Å². The minimum Gasteiger partial charge on any atom is -0.466 e.